The first-order valence-electron chi connectivity index (χ1n) is 11.6. The quantitative estimate of drug-likeness (QED) is 0.241. The molecule has 0 radical (unpaired) electrons. The summed E-state index contributed by atoms with van der Waals surface area (Å²) in [5.41, 5.74) is 3.04. The highest BCUT2D eigenvalue weighted by Gasteiger charge is 2.19. The molecule has 8 nitrogen and oxygen atoms in total. The maximum Gasteiger partial charge on any atom is 0.339 e. The Labute approximate surface area is 219 Å². The number of ether oxygens (including phenoxy) is 2. The molecular weight excluding hydrogens is 509 g/mol. The number of fused-ring (bicyclic) bond motifs is 1. The standard InChI is InChI=1S/C28H24FN3O5S/c1-35-26-15-10-21(16-27(26)36-2)30-28-31-24-14-11-22(37-38(33,34)23-12-8-20(29)9-13-23)17-25(24)32(28)18-19-6-4-3-5-7-19/h3-17H,18H2,1-2H3,(H,30,31). The summed E-state index contributed by atoms with van der Waals surface area (Å²) in [6.45, 7) is 0.459. The van der Waals surface area contributed by atoms with Crippen LogP contribution in [-0.2, 0) is 16.7 Å². The van der Waals surface area contributed by atoms with Gasteiger partial charge in [0.25, 0.3) is 0 Å². The Kier molecular flexibility index (Phi) is 6.89. The third-order valence-corrected chi connectivity index (χ3v) is 7.11. The number of imidazole rings is 1. The molecule has 4 aromatic carbocycles. The molecule has 38 heavy (non-hydrogen) atoms. The molecule has 1 heterocycles. The number of nitrogens with zero attached hydrogens (tertiary/aromatic N) is 2. The number of benzene rings is 4. The minimum atomic E-state index is -4.16. The summed E-state index contributed by atoms with van der Waals surface area (Å²) in [5, 5.41) is 3.33. The van der Waals surface area contributed by atoms with Gasteiger partial charge in [-0.2, -0.15) is 8.42 Å². The van der Waals surface area contributed by atoms with Crippen molar-refractivity contribution >= 4 is 32.8 Å². The molecule has 5 aromatic rings. The molecular formula is C28H24FN3O5S. The normalized spacial score (nSPS) is 11.3. The van der Waals surface area contributed by atoms with E-state index in [0.717, 1.165) is 35.5 Å². The smallest absolute Gasteiger partial charge is 0.339 e. The third kappa shape index (κ3) is 5.25. The van der Waals surface area contributed by atoms with Gasteiger partial charge < -0.3 is 23.5 Å². The highest BCUT2D eigenvalue weighted by atomic mass is 32.2. The molecule has 0 saturated heterocycles. The van der Waals surface area contributed by atoms with E-state index >= 15 is 0 Å². The predicted octanol–water partition coefficient (Wildman–Crippen LogP) is 5.75. The van der Waals surface area contributed by atoms with Gasteiger partial charge in [-0.3, -0.25) is 0 Å². The van der Waals surface area contributed by atoms with Crippen LogP contribution in [0, 0.1) is 5.82 Å². The van der Waals surface area contributed by atoms with Crippen LogP contribution < -0.4 is 19.0 Å². The molecule has 1 aromatic heterocycles. The summed E-state index contributed by atoms with van der Waals surface area (Å²) in [7, 11) is -1.03. The number of hydrogen-bond donors (Lipinski definition) is 1. The van der Waals surface area contributed by atoms with Crippen LogP contribution in [-0.4, -0.2) is 32.2 Å². The van der Waals surface area contributed by atoms with Crippen molar-refractivity contribution in [3.63, 3.8) is 0 Å². The van der Waals surface area contributed by atoms with Crippen LogP contribution in [0.2, 0.25) is 0 Å². The van der Waals surface area contributed by atoms with Crippen molar-refractivity contribution in [2.75, 3.05) is 19.5 Å². The Morgan fingerprint density at radius 2 is 1.61 bits per heavy atom. The average molecular weight is 534 g/mol. The van der Waals surface area contributed by atoms with Crippen LogP contribution in [0.3, 0.4) is 0 Å². The van der Waals surface area contributed by atoms with Gasteiger partial charge in [0.1, 0.15) is 16.5 Å². The van der Waals surface area contributed by atoms with E-state index in [-0.39, 0.29) is 10.6 Å². The maximum atomic E-state index is 13.3. The first kappa shape index (κ1) is 25.1. The van der Waals surface area contributed by atoms with E-state index in [9.17, 15) is 12.8 Å². The SMILES string of the molecule is COc1ccc(Nc2nc3ccc(OS(=O)(=O)c4ccc(F)cc4)cc3n2Cc2ccccc2)cc1OC. The van der Waals surface area contributed by atoms with Crippen molar-refractivity contribution in [3.8, 4) is 17.2 Å². The van der Waals surface area contributed by atoms with E-state index in [0.29, 0.717) is 35.0 Å². The van der Waals surface area contributed by atoms with Crippen LogP contribution in [0.4, 0.5) is 16.0 Å². The first-order chi connectivity index (χ1) is 18.4. The lowest BCUT2D eigenvalue weighted by atomic mass is 10.2. The van der Waals surface area contributed by atoms with Gasteiger partial charge in [0.05, 0.1) is 31.8 Å². The Morgan fingerprint density at radius 3 is 2.32 bits per heavy atom. The summed E-state index contributed by atoms with van der Waals surface area (Å²) in [6, 6.07) is 24.5. The van der Waals surface area contributed by atoms with Crippen LogP contribution in [0.25, 0.3) is 11.0 Å². The van der Waals surface area contributed by atoms with Gasteiger partial charge in [0, 0.05) is 17.8 Å². The van der Waals surface area contributed by atoms with Crippen LogP contribution in [0.15, 0.2) is 95.9 Å². The fourth-order valence-electron chi connectivity index (χ4n) is 3.99. The van der Waals surface area contributed by atoms with Gasteiger partial charge in [-0.15, -0.1) is 0 Å². The lowest BCUT2D eigenvalue weighted by Crippen LogP contribution is -2.10. The number of rotatable bonds is 9. The number of halogens is 1. The number of anilines is 2. The van der Waals surface area contributed by atoms with Crippen molar-refractivity contribution in [2.45, 2.75) is 11.4 Å². The number of aromatic nitrogens is 2. The number of nitrogens with one attached hydrogen (secondary N) is 1. The minimum Gasteiger partial charge on any atom is -0.493 e. The lowest BCUT2D eigenvalue weighted by Gasteiger charge is -2.13. The molecule has 0 unspecified atom stereocenters. The molecule has 0 aliphatic rings. The summed E-state index contributed by atoms with van der Waals surface area (Å²) < 4.78 is 56.9. The molecule has 0 bridgehead atoms. The molecule has 0 fully saturated rings. The summed E-state index contributed by atoms with van der Waals surface area (Å²) in [4.78, 5) is 4.60. The van der Waals surface area contributed by atoms with E-state index in [1.54, 1.807) is 38.5 Å². The van der Waals surface area contributed by atoms with Crippen molar-refractivity contribution < 1.29 is 26.5 Å². The minimum absolute atomic E-state index is 0.105. The lowest BCUT2D eigenvalue weighted by molar-refractivity contribution is 0.355. The molecule has 1 N–H and O–H groups in total. The monoisotopic (exact) mass is 533 g/mol. The molecule has 0 amide bonds. The number of methoxy groups -OCH3 is 2. The van der Waals surface area contributed by atoms with Crippen LogP contribution >= 0.6 is 0 Å². The second-order valence-corrected chi connectivity index (χ2v) is 9.89. The zero-order valence-corrected chi connectivity index (χ0v) is 21.4. The fraction of sp³-hybridized carbons (Fsp3) is 0.107. The van der Waals surface area contributed by atoms with Crippen molar-refractivity contribution in [2.24, 2.45) is 0 Å². The van der Waals surface area contributed by atoms with Gasteiger partial charge in [0.15, 0.2) is 11.5 Å². The molecule has 0 atom stereocenters. The highest BCUT2D eigenvalue weighted by Crippen LogP contribution is 2.33. The number of hydrogen-bond acceptors (Lipinski definition) is 7. The summed E-state index contributed by atoms with van der Waals surface area (Å²) in [6.07, 6.45) is 0. The highest BCUT2D eigenvalue weighted by molar-refractivity contribution is 7.87. The molecule has 0 saturated carbocycles. The Bertz CT molecular complexity index is 1690. The van der Waals surface area contributed by atoms with Crippen molar-refractivity contribution in [1.82, 2.24) is 9.55 Å². The van der Waals surface area contributed by atoms with Gasteiger partial charge in [-0.05, 0) is 54.1 Å². The van der Waals surface area contributed by atoms with Gasteiger partial charge >= 0.3 is 10.1 Å². The molecule has 0 spiro atoms. The van der Waals surface area contributed by atoms with Crippen molar-refractivity contribution in [3.05, 3.63) is 102 Å². The second-order valence-electron chi connectivity index (χ2n) is 8.34. The van der Waals surface area contributed by atoms with Crippen LogP contribution in [0.1, 0.15) is 5.56 Å². The molecule has 0 aliphatic heterocycles. The second kappa shape index (κ2) is 10.4. The summed E-state index contributed by atoms with van der Waals surface area (Å²) >= 11 is 0. The van der Waals surface area contributed by atoms with E-state index in [2.05, 4.69) is 5.32 Å². The van der Waals surface area contributed by atoms with Gasteiger partial charge in [-0.1, -0.05) is 30.3 Å². The molecule has 194 valence electrons. The van der Waals surface area contributed by atoms with Crippen LogP contribution in [0.5, 0.6) is 17.2 Å². The van der Waals surface area contributed by atoms with E-state index in [4.69, 9.17) is 18.6 Å². The largest absolute Gasteiger partial charge is 0.493 e. The molecule has 10 heteroatoms. The van der Waals surface area contributed by atoms with E-state index in [1.165, 1.54) is 6.07 Å². The zero-order chi connectivity index (χ0) is 26.7. The van der Waals surface area contributed by atoms with Gasteiger partial charge in [0.2, 0.25) is 5.95 Å². The predicted molar refractivity (Wildman–Crippen MR) is 142 cm³/mol. The third-order valence-electron chi connectivity index (χ3n) is 5.85. The Balaban J connectivity index is 1.54. The Hall–Kier alpha value is -4.57. The average Bonchev–Trinajstić information content (AvgIpc) is 3.25. The molecule has 5 rings (SSSR count). The Morgan fingerprint density at radius 1 is 0.868 bits per heavy atom. The fourth-order valence-corrected chi connectivity index (χ4v) is 4.92. The zero-order valence-electron chi connectivity index (χ0n) is 20.6. The summed E-state index contributed by atoms with van der Waals surface area (Å²) in [5.74, 6) is 1.26. The maximum absolute atomic E-state index is 13.3. The van der Waals surface area contributed by atoms with E-state index < -0.39 is 15.9 Å². The topological polar surface area (TPSA) is 91.7 Å². The van der Waals surface area contributed by atoms with Gasteiger partial charge in [-0.25, -0.2) is 9.37 Å². The molecule has 0 aliphatic carbocycles. The van der Waals surface area contributed by atoms with Crippen molar-refractivity contribution in [1.29, 1.82) is 0 Å². The first-order valence-corrected chi connectivity index (χ1v) is 13.0. The van der Waals surface area contributed by atoms with E-state index in [1.807, 2.05) is 41.0 Å².